The first kappa shape index (κ1) is 58.7. The summed E-state index contributed by atoms with van der Waals surface area (Å²) in [6.07, 6.45) is 0. The van der Waals surface area contributed by atoms with Crippen LogP contribution in [0.2, 0.25) is 0 Å². The molecule has 0 saturated carbocycles. The fraction of sp³-hybridized carbons (Fsp3) is 0.0562. The molecule has 0 heterocycles. The monoisotopic (exact) mass is 1230 g/mol. The van der Waals surface area contributed by atoms with Gasteiger partial charge in [-0.2, -0.15) is 0 Å². The topological polar surface area (TPSA) is 6.48 Å². The standard InChI is InChI=1S/C89H72N2S2/c1-65-35-47-71(48-36-65)90(72-49-37-66(2)38-50-72)75-55-43-69(44-56-75)89(70-45-57-76(58-46-70)91(73-51-39-67(3)40-52-73)74-53-41-68(4)42-54-74)87-63-83(92(77-23-11-5-12-24-77,78-25-13-6-14-26-78)79-27-15-7-16-28-79)59-61-85(87)86-62-60-84(64-88(86)89)93(80-29-17-8-18-30-80,81-31-19-9-20-32-81)82-33-21-10-22-34-82/h5-64H,1-4H3. The molecule has 0 saturated heterocycles. The van der Waals surface area contributed by atoms with Crippen molar-refractivity contribution in [1.29, 1.82) is 0 Å². The molecule has 0 unspecified atom stereocenters. The maximum atomic E-state index is 2.64. The summed E-state index contributed by atoms with van der Waals surface area (Å²) in [7, 11) is -4.31. The van der Waals surface area contributed by atoms with Crippen LogP contribution in [0, 0.1) is 27.7 Å². The highest BCUT2D eigenvalue weighted by atomic mass is 32.3. The van der Waals surface area contributed by atoms with Gasteiger partial charge in [0.15, 0.2) is 0 Å². The van der Waals surface area contributed by atoms with Crippen LogP contribution in [0.15, 0.2) is 403 Å². The molecule has 93 heavy (non-hydrogen) atoms. The van der Waals surface area contributed by atoms with Crippen LogP contribution in [0.4, 0.5) is 34.1 Å². The van der Waals surface area contributed by atoms with E-state index in [1.54, 1.807) is 0 Å². The van der Waals surface area contributed by atoms with Gasteiger partial charge in [-0.3, -0.25) is 0 Å². The average molecular weight is 1230 g/mol. The molecule has 1 aliphatic carbocycles. The lowest BCUT2D eigenvalue weighted by atomic mass is 9.67. The van der Waals surface area contributed by atoms with Crippen LogP contribution in [0.25, 0.3) is 11.1 Å². The van der Waals surface area contributed by atoms with Crippen molar-refractivity contribution in [1.82, 2.24) is 0 Å². The number of nitrogens with zero attached hydrogens (tertiary/aromatic N) is 2. The second-order valence-electron chi connectivity index (χ2n) is 24.4. The Kier molecular flexibility index (Phi) is 15.7. The Morgan fingerprint density at radius 3 is 0.624 bits per heavy atom. The lowest BCUT2D eigenvalue weighted by Crippen LogP contribution is -2.29. The molecular formula is C89H72N2S2. The predicted octanol–water partition coefficient (Wildman–Crippen LogP) is 24.9. The molecule has 2 nitrogen and oxygen atoms in total. The van der Waals surface area contributed by atoms with Crippen molar-refractivity contribution >= 4 is 54.2 Å². The summed E-state index contributed by atoms with van der Waals surface area (Å²) >= 11 is 0. The second-order valence-corrected chi connectivity index (χ2v) is 30.6. The minimum Gasteiger partial charge on any atom is -0.311 e. The summed E-state index contributed by atoms with van der Waals surface area (Å²) < 4.78 is 0. The van der Waals surface area contributed by atoms with Gasteiger partial charge in [-0.25, -0.2) is 0 Å². The van der Waals surface area contributed by atoms with Gasteiger partial charge in [0.05, 0.1) is 5.41 Å². The molecule has 0 bridgehead atoms. The zero-order valence-corrected chi connectivity index (χ0v) is 54.5. The summed E-state index contributed by atoms with van der Waals surface area (Å²) in [6, 6.07) is 138. The van der Waals surface area contributed by atoms with E-state index in [9.17, 15) is 0 Å². The quantitative estimate of drug-likeness (QED) is 0.0951. The summed E-state index contributed by atoms with van der Waals surface area (Å²) in [6.45, 7) is 8.64. The Labute approximate surface area is 552 Å². The van der Waals surface area contributed by atoms with Gasteiger partial charge in [0.2, 0.25) is 0 Å². The molecule has 0 aromatic heterocycles. The molecule has 15 rings (SSSR count). The lowest BCUT2D eigenvalue weighted by Gasteiger charge is -2.43. The molecule has 1 aliphatic rings. The first-order valence-corrected chi connectivity index (χ1v) is 35.4. The molecule has 14 aromatic carbocycles. The van der Waals surface area contributed by atoms with Gasteiger partial charge in [0, 0.05) is 73.3 Å². The normalized spacial score (nSPS) is 12.7. The van der Waals surface area contributed by atoms with Crippen molar-refractivity contribution in [3.8, 4) is 11.1 Å². The number of rotatable bonds is 16. The summed E-state index contributed by atoms with van der Waals surface area (Å²) in [5.41, 5.74) is 17.8. The van der Waals surface area contributed by atoms with Crippen LogP contribution < -0.4 is 9.80 Å². The first-order valence-electron chi connectivity index (χ1n) is 32.1. The molecule has 0 spiro atoms. The van der Waals surface area contributed by atoms with Crippen molar-refractivity contribution in [2.24, 2.45) is 0 Å². The van der Waals surface area contributed by atoms with Crippen LogP contribution in [-0.4, -0.2) is 0 Å². The molecule has 0 amide bonds. The van der Waals surface area contributed by atoms with E-state index >= 15 is 0 Å². The van der Waals surface area contributed by atoms with Gasteiger partial charge in [-0.15, -0.1) is 20.1 Å². The molecule has 450 valence electrons. The Morgan fingerprint density at radius 2 is 0.409 bits per heavy atom. The highest BCUT2D eigenvalue weighted by Gasteiger charge is 2.49. The second kappa shape index (κ2) is 24.9. The third kappa shape index (κ3) is 10.3. The largest absolute Gasteiger partial charge is 0.311 e. The van der Waals surface area contributed by atoms with Gasteiger partial charge < -0.3 is 9.80 Å². The van der Waals surface area contributed by atoms with Crippen LogP contribution >= 0.6 is 20.1 Å². The van der Waals surface area contributed by atoms with Crippen LogP contribution in [-0.2, 0) is 5.41 Å². The van der Waals surface area contributed by atoms with E-state index in [4.69, 9.17) is 0 Å². The van der Waals surface area contributed by atoms with Crippen molar-refractivity contribution in [2.45, 2.75) is 72.3 Å². The number of benzene rings is 14. The Morgan fingerprint density at radius 1 is 0.204 bits per heavy atom. The number of anilines is 6. The van der Waals surface area contributed by atoms with Crippen molar-refractivity contribution in [3.05, 3.63) is 408 Å². The van der Waals surface area contributed by atoms with E-state index in [0.717, 1.165) is 34.1 Å². The van der Waals surface area contributed by atoms with Crippen LogP contribution in [0.1, 0.15) is 44.5 Å². The third-order valence-corrected chi connectivity index (χ3v) is 26.5. The summed E-state index contributed by atoms with van der Waals surface area (Å²) in [5.74, 6) is 0. The molecule has 0 N–H and O–H groups in total. The van der Waals surface area contributed by atoms with Crippen molar-refractivity contribution < 1.29 is 0 Å². The zero-order chi connectivity index (χ0) is 62.9. The number of hydrogen-bond donors (Lipinski definition) is 0. The first-order chi connectivity index (χ1) is 45.7. The molecule has 4 heteroatoms. The molecule has 0 radical (unpaired) electrons. The van der Waals surface area contributed by atoms with E-state index in [2.05, 4.69) is 401 Å². The van der Waals surface area contributed by atoms with Crippen molar-refractivity contribution in [2.75, 3.05) is 9.80 Å². The fourth-order valence-corrected chi connectivity index (χ4v) is 22.0. The highest BCUT2D eigenvalue weighted by Crippen LogP contribution is 2.76. The number of hydrogen-bond acceptors (Lipinski definition) is 2. The summed E-state index contributed by atoms with van der Waals surface area (Å²) in [4.78, 5) is 15.0. The van der Waals surface area contributed by atoms with Crippen LogP contribution in [0.5, 0.6) is 0 Å². The van der Waals surface area contributed by atoms with Gasteiger partial charge in [-0.1, -0.05) is 216 Å². The van der Waals surface area contributed by atoms with Gasteiger partial charge in [-0.05, 0) is 231 Å². The van der Waals surface area contributed by atoms with Gasteiger partial charge in [0.25, 0.3) is 0 Å². The smallest absolute Gasteiger partial charge is 0.0714 e. The molecule has 0 aliphatic heterocycles. The Balaban J connectivity index is 1.07. The fourth-order valence-electron chi connectivity index (χ4n) is 14.2. The van der Waals surface area contributed by atoms with E-state index < -0.39 is 25.5 Å². The number of fused-ring (bicyclic) bond motifs is 3. The maximum Gasteiger partial charge on any atom is 0.0714 e. The SMILES string of the molecule is Cc1ccc(N(c2ccc(C)cc2)c2ccc(C3(c4ccc(N(c5ccc(C)cc5)c5ccc(C)cc5)cc4)c4cc(S(c5ccccc5)(c5ccccc5)c5ccccc5)ccc4-c4ccc(S(c5ccccc5)(c5ccccc5)c5ccccc5)cc43)cc2)cc1. The van der Waals surface area contributed by atoms with E-state index in [1.165, 1.54) is 94.8 Å². The minimum absolute atomic E-state index is 0.894. The van der Waals surface area contributed by atoms with Crippen LogP contribution in [0.3, 0.4) is 0 Å². The Hall–Kier alpha value is -10.6. The predicted molar refractivity (Wildman–Crippen MR) is 392 cm³/mol. The lowest BCUT2D eigenvalue weighted by molar-refractivity contribution is 0.763. The average Bonchev–Trinajstić information content (AvgIpc) is 1.57. The third-order valence-electron chi connectivity index (χ3n) is 18.7. The maximum absolute atomic E-state index is 2.64. The molecule has 14 aromatic rings. The molecule has 0 fully saturated rings. The minimum atomic E-state index is -2.15. The van der Waals surface area contributed by atoms with Gasteiger partial charge >= 0.3 is 0 Å². The molecule has 0 atom stereocenters. The van der Waals surface area contributed by atoms with Crippen molar-refractivity contribution in [3.63, 3.8) is 0 Å². The van der Waals surface area contributed by atoms with E-state index in [-0.39, 0.29) is 0 Å². The zero-order valence-electron chi connectivity index (χ0n) is 52.9. The Bertz CT molecular complexity index is 4270. The summed E-state index contributed by atoms with van der Waals surface area (Å²) in [5, 5.41) is 0. The highest BCUT2D eigenvalue weighted by molar-refractivity contribution is 8.34. The number of aryl methyl sites for hydroxylation is 4. The van der Waals surface area contributed by atoms with Gasteiger partial charge in [0.1, 0.15) is 0 Å². The molecular weight excluding hydrogens is 1160 g/mol. The van der Waals surface area contributed by atoms with E-state index in [0.29, 0.717) is 0 Å². The van der Waals surface area contributed by atoms with E-state index in [1.807, 2.05) is 0 Å².